The molecule has 0 spiro atoms. The first-order valence-corrected chi connectivity index (χ1v) is 3.40. The van der Waals surface area contributed by atoms with E-state index < -0.39 is 0 Å². The van der Waals surface area contributed by atoms with Crippen LogP contribution in [-0.2, 0) is 4.74 Å². The minimum atomic E-state index is 0.363. The molecule has 2 nitrogen and oxygen atoms in total. The highest BCUT2D eigenvalue weighted by atomic mass is 16.6. The van der Waals surface area contributed by atoms with E-state index in [4.69, 9.17) is 4.74 Å². The Morgan fingerprint density at radius 2 is 2.50 bits per heavy atom. The van der Waals surface area contributed by atoms with Gasteiger partial charge in [-0.05, 0) is 24.6 Å². The fourth-order valence-corrected chi connectivity index (χ4v) is 1.01. The van der Waals surface area contributed by atoms with E-state index in [0.29, 0.717) is 6.10 Å². The number of aryl methyl sites for hydroxylation is 1. The molecule has 0 saturated carbocycles. The maximum absolute atomic E-state index is 5.12. The van der Waals surface area contributed by atoms with Crippen molar-refractivity contribution in [1.82, 2.24) is 4.98 Å². The van der Waals surface area contributed by atoms with Crippen molar-refractivity contribution in [2.45, 2.75) is 13.0 Å². The molecule has 0 bridgehead atoms. The minimum absolute atomic E-state index is 0.363. The van der Waals surface area contributed by atoms with Crippen molar-refractivity contribution in [3.63, 3.8) is 0 Å². The van der Waals surface area contributed by atoms with Crippen molar-refractivity contribution in [1.29, 1.82) is 0 Å². The first kappa shape index (κ1) is 5.86. The van der Waals surface area contributed by atoms with Crippen LogP contribution in [0.3, 0.4) is 0 Å². The second-order valence-corrected chi connectivity index (χ2v) is 2.55. The van der Waals surface area contributed by atoms with Crippen molar-refractivity contribution >= 4 is 0 Å². The molecule has 10 heavy (non-hydrogen) atoms. The molecule has 52 valence electrons. The zero-order chi connectivity index (χ0) is 6.97. The van der Waals surface area contributed by atoms with Crippen LogP contribution in [0, 0.1) is 6.92 Å². The lowest BCUT2D eigenvalue weighted by atomic mass is 10.2. The topological polar surface area (TPSA) is 25.4 Å². The molecule has 2 heteroatoms. The Morgan fingerprint density at radius 3 is 3.10 bits per heavy atom. The van der Waals surface area contributed by atoms with Gasteiger partial charge in [-0.3, -0.25) is 4.98 Å². The van der Waals surface area contributed by atoms with Crippen LogP contribution in [0.2, 0.25) is 0 Å². The van der Waals surface area contributed by atoms with E-state index in [1.807, 2.05) is 19.2 Å². The van der Waals surface area contributed by atoms with E-state index in [2.05, 4.69) is 11.1 Å². The molecule has 1 saturated heterocycles. The molecule has 0 aliphatic carbocycles. The normalized spacial score (nSPS) is 22.7. The van der Waals surface area contributed by atoms with Gasteiger partial charge in [0, 0.05) is 11.9 Å². The van der Waals surface area contributed by atoms with Gasteiger partial charge in [-0.2, -0.15) is 0 Å². The van der Waals surface area contributed by atoms with Crippen molar-refractivity contribution in [2.24, 2.45) is 0 Å². The highest BCUT2D eigenvalue weighted by Crippen LogP contribution is 2.29. The summed E-state index contributed by atoms with van der Waals surface area (Å²) in [4.78, 5) is 4.09. The molecule has 2 heterocycles. The first-order valence-electron chi connectivity index (χ1n) is 3.40. The molecule has 0 amide bonds. The number of nitrogens with zero attached hydrogens (tertiary/aromatic N) is 1. The Hall–Kier alpha value is -0.890. The van der Waals surface area contributed by atoms with Crippen LogP contribution in [0.5, 0.6) is 0 Å². The molecular formula is C8H9NO. The zero-order valence-corrected chi connectivity index (χ0v) is 5.87. The van der Waals surface area contributed by atoms with E-state index in [1.54, 1.807) is 0 Å². The number of hydrogen-bond acceptors (Lipinski definition) is 2. The quantitative estimate of drug-likeness (QED) is 0.545. The van der Waals surface area contributed by atoms with E-state index in [-0.39, 0.29) is 0 Å². The number of rotatable bonds is 1. The SMILES string of the molecule is Cc1cc([C@@H]2CO2)ccn1. The maximum atomic E-state index is 5.12. The van der Waals surface area contributed by atoms with Gasteiger partial charge in [0.25, 0.3) is 0 Å². The molecule has 1 atom stereocenters. The van der Waals surface area contributed by atoms with Gasteiger partial charge in [-0.1, -0.05) is 0 Å². The van der Waals surface area contributed by atoms with Gasteiger partial charge >= 0.3 is 0 Å². The smallest absolute Gasteiger partial charge is 0.106 e. The van der Waals surface area contributed by atoms with Crippen molar-refractivity contribution in [3.8, 4) is 0 Å². The summed E-state index contributed by atoms with van der Waals surface area (Å²) in [6.45, 7) is 2.87. The van der Waals surface area contributed by atoms with Gasteiger partial charge in [-0.25, -0.2) is 0 Å². The molecule has 0 unspecified atom stereocenters. The molecule has 0 radical (unpaired) electrons. The summed E-state index contributed by atoms with van der Waals surface area (Å²) >= 11 is 0. The van der Waals surface area contributed by atoms with Crippen LogP contribution in [0.4, 0.5) is 0 Å². The van der Waals surface area contributed by atoms with Crippen LogP contribution in [-0.4, -0.2) is 11.6 Å². The summed E-state index contributed by atoms with van der Waals surface area (Å²) in [5, 5.41) is 0. The van der Waals surface area contributed by atoms with Crippen molar-refractivity contribution in [3.05, 3.63) is 29.6 Å². The van der Waals surface area contributed by atoms with E-state index >= 15 is 0 Å². The van der Waals surface area contributed by atoms with Crippen LogP contribution in [0.1, 0.15) is 17.4 Å². The lowest BCUT2D eigenvalue weighted by Gasteiger charge is -1.94. The summed E-state index contributed by atoms with van der Waals surface area (Å²) in [6.07, 6.45) is 2.19. The van der Waals surface area contributed by atoms with Gasteiger partial charge in [-0.15, -0.1) is 0 Å². The summed E-state index contributed by atoms with van der Waals surface area (Å²) in [6, 6.07) is 4.07. The van der Waals surface area contributed by atoms with Gasteiger partial charge in [0.2, 0.25) is 0 Å². The number of pyridine rings is 1. The summed E-state index contributed by atoms with van der Waals surface area (Å²) in [5.41, 5.74) is 2.32. The Morgan fingerprint density at radius 1 is 1.70 bits per heavy atom. The Kier molecular flexibility index (Phi) is 1.21. The third kappa shape index (κ3) is 1.02. The van der Waals surface area contributed by atoms with Gasteiger partial charge in [0.05, 0.1) is 6.61 Å². The van der Waals surface area contributed by atoms with E-state index in [9.17, 15) is 0 Å². The van der Waals surface area contributed by atoms with Crippen LogP contribution >= 0.6 is 0 Å². The molecule has 1 aromatic rings. The molecule has 1 aliphatic rings. The van der Waals surface area contributed by atoms with E-state index in [0.717, 1.165) is 12.3 Å². The van der Waals surface area contributed by atoms with Gasteiger partial charge in [0.1, 0.15) is 6.10 Å². The number of ether oxygens (including phenoxy) is 1. The average molecular weight is 135 g/mol. The summed E-state index contributed by atoms with van der Waals surface area (Å²) in [5.74, 6) is 0. The maximum Gasteiger partial charge on any atom is 0.106 e. The third-order valence-corrected chi connectivity index (χ3v) is 1.63. The Labute approximate surface area is 59.9 Å². The third-order valence-electron chi connectivity index (χ3n) is 1.63. The number of hydrogen-bond donors (Lipinski definition) is 0. The molecule has 0 aromatic carbocycles. The molecule has 1 aromatic heterocycles. The summed E-state index contributed by atoms with van der Waals surface area (Å²) in [7, 11) is 0. The van der Waals surface area contributed by atoms with Gasteiger partial charge in [0.15, 0.2) is 0 Å². The molecule has 0 N–H and O–H groups in total. The molecule has 1 fully saturated rings. The minimum Gasteiger partial charge on any atom is -0.368 e. The Balaban J connectivity index is 2.32. The number of epoxide rings is 1. The Bertz CT molecular complexity index is 243. The monoisotopic (exact) mass is 135 g/mol. The van der Waals surface area contributed by atoms with Crippen LogP contribution < -0.4 is 0 Å². The average Bonchev–Trinajstić information content (AvgIpc) is 2.68. The van der Waals surface area contributed by atoms with Crippen molar-refractivity contribution in [2.75, 3.05) is 6.61 Å². The van der Waals surface area contributed by atoms with Gasteiger partial charge < -0.3 is 4.74 Å². The molecular weight excluding hydrogens is 126 g/mol. The van der Waals surface area contributed by atoms with Crippen molar-refractivity contribution < 1.29 is 4.74 Å². The van der Waals surface area contributed by atoms with E-state index in [1.165, 1.54) is 5.56 Å². The predicted molar refractivity (Wildman–Crippen MR) is 37.7 cm³/mol. The first-order chi connectivity index (χ1) is 4.86. The molecule has 1 aliphatic heterocycles. The fourth-order valence-electron chi connectivity index (χ4n) is 1.01. The second-order valence-electron chi connectivity index (χ2n) is 2.55. The largest absolute Gasteiger partial charge is 0.368 e. The second kappa shape index (κ2) is 2.06. The highest BCUT2D eigenvalue weighted by Gasteiger charge is 2.24. The predicted octanol–water partition coefficient (Wildman–Crippen LogP) is 1.46. The van der Waals surface area contributed by atoms with Crippen LogP contribution in [0.25, 0.3) is 0 Å². The number of aromatic nitrogens is 1. The highest BCUT2D eigenvalue weighted by molar-refractivity contribution is 5.20. The van der Waals surface area contributed by atoms with Crippen LogP contribution in [0.15, 0.2) is 18.3 Å². The lowest BCUT2D eigenvalue weighted by molar-refractivity contribution is 0.415. The fraction of sp³-hybridized carbons (Fsp3) is 0.375. The zero-order valence-electron chi connectivity index (χ0n) is 5.87. The lowest BCUT2D eigenvalue weighted by Crippen LogP contribution is -1.84. The summed E-state index contributed by atoms with van der Waals surface area (Å²) < 4.78 is 5.12. The standard InChI is InChI=1S/C8H9NO/c1-6-4-7(2-3-9-6)8-5-10-8/h2-4,8H,5H2,1H3/t8-/m0/s1. The molecule has 2 rings (SSSR count).